The first-order valence-electron chi connectivity index (χ1n) is 12.3. The smallest absolute Gasteiger partial charge is 0.303 e. The van der Waals surface area contributed by atoms with Gasteiger partial charge in [-0.25, -0.2) is 8.78 Å². The largest absolute Gasteiger partial charge is 0.497 e. The summed E-state index contributed by atoms with van der Waals surface area (Å²) >= 11 is 6.38. The zero-order valence-electron chi connectivity index (χ0n) is 20.8. The molecule has 2 atom stereocenters. The number of aliphatic carboxylic acids is 1. The number of benzene rings is 2. The molecule has 1 aliphatic heterocycles. The Kier molecular flexibility index (Phi) is 8.93. The lowest BCUT2D eigenvalue weighted by Crippen LogP contribution is -2.41. The number of likely N-dealkylation sites (tertiary alicyclic amines) is 1. The number of halogens is 3. The number of rotatable bonds is 8. The average Bonchev–Trinajstić information content (AvgIpc) is 2.86. The summed E-state index contributed by atoms with van der Waals surface area (Å²) in [5, 5.41) is 10.4. The lowest BCUT2D eigenvalue weighted by Gasteiger charge is -2.37. The summed E-state index contributed by atoms with van der Waals surface area (Å²) in [5.41, 5.74) is 1.28. The molecule has 4 rings (SSSR count). The molecule has 38 heavy (non-hydrogen) atoms. The van der Waals surface area contributed by atoms with Crippen LogP contribution in [0.15, 0.2) is 42.6 Å². The molecule has 0 spiro atoms. The maximum Gasteiger partial charge on any atom is 0.303 e. The van der Waals surface area contributed by atoms with Gasteiger partial charge in [0.15, 0.2) is 5.78 Å². The van der Waals surface area contributed by atoms with Crippen LogP contribution in [0.5, 0.6) is 5.75 Å². The van der Waals surface area contributed by atoms with Gasteiger partial charge in [0.1, 0.15) is 17.4 Å². The van der Waals surface area contributed by atoms with Gasteiger partial charge in [0, 0.05) is 48.2 Å². The fourth-order valence-electron chi connectivity index (χ4n) is 5.01. The number of carboxylic acid groups (broad SMARTS) is 1. The third-order valence-corrected chi connectivity index (χ3v) is 7.15. The number of ether oxygens (including phenoxy) is 1. The van der Waals surface area contributed by atoms with Crippen LogP contribution in [0.2, 0.25) is 5.02 Å². The number of ketones is 1. The van der Waals surface area contributed by atoms with E-state index < -0.39 is 17.6 Å². The van der Waals surface area contributed by atoms with Gasteiger partial charge in [-0.2, -0.15) is 0 Å². The van der Waals surface area contributed by atoms with Gasteiger partial charge in [-0.05, 0) is 61.6 Å². The lowest BCUT2D eigenvalue weighted by atomic mass is 9.79. The van der Waals surface area contributed by atoms with Crippen LogP contribution >= 0.6 is 11.6 Å². The highest BCUT2D eigenvalue weighted by molar-refractivity contribution is 6.35. The van der Waals surface area contributed by atoms with Crippen LogP contribution in [-0.2, 0) is 4.79 Å². The van der Waals surface area contributed by atoms with Crippen LogP contribution in [0.1, 0.15) is 41.6 Å². The zero-order chi connectivity index (χ0) is 27.2. The summed E-state index contributed by atoms with van der Waals surface area (Å²) in [5.74, 6) is 3.77. The minimum Gasteiger partial charge on any atom is -0.497 e. The van der Waals surface area contributed by atoms with Crippen molar-refractivity contribution < 1.29 is 28.2 Å². The van der Waals surface area contributed by atoms with Crippen LogP contribution in [0, 0.1) is 35.3 Å². The number of carbonyl (C=O) groups excluding carboxylic acids is 1. The van der Waals surface area contributed by atoms with E-state index in [1.165, 1.54) is 18.3 Å². The summed E-state index contributed by atoms with van der Waals surface area (Å²) in [4.78, 5) is 31.2. The van der Waals surface area contributed by atoms with E-state index in [2.05, 4.69) is 16.8 Å². The Labute approximate surface area is 224 Å². The molecule has 2 unspecified atom stereocenters. The second-order valence-corrected chi connectivity index (χ2v) is 9.83. The molecule has 1 saturated heterocycles. The highest BCUT2D eigenvalue weighted by atomic mass is 35.5. The van der Waals surface area contributed by atoms with E-state index in [9.17, 15) is 23.5 Å². The van der Waals surface area contributed by atoms with Crippen LogP contribution in [0.4, 0.5) is 8.78 Å². The molecular formula is C29H27ClF2N2O4. The molecule has 2 heterocycles. The number of nitrogens with zero attached hydrogens (tertiary/aromatic N) is 2. The Morgan fingerprint density at radius 2 is 1.95 bits per heavy atom. The fourth-order valence-corrected chi connectivity index (χ4v) is 5.27. The highest BCUT2D eigenvalue weighted by Crippen LogP contribution is 2.33. The maximum absolute atomic E-state index is 13.4. The van der Waals surface area contributed by atoms with E-state index in [0.717, 1.165) is 6.07 Å². The number of carboxylic acids is 1. The SMILES string of the molecule is COc1ccc2ncc(Cl)c(C(=O)CCC3CCN(CC#Cc4cc(F)cc(F)c4)CC3CC(=O)O)c2c1. The number of fused-ring (bicyclic) bond motifs is 1. The Balaban J connectivity index is 1.42. The molecule has 0 bridgehead atoms. The summed E-state index contributed by atoms with van der Waals surface area (Å²) in [6.07, 6.45) is 2.91. The van der Waals surface area contributed by atoms with Crippen molar-refractivity contribution in [2.75, 3.05) is 26.7 Å². The molecular weight excluding hydrogens is 514 g/mol. The van der Waals surface area contributed by atoms with Crippen LogP contribution in [0.3, 0.4) is 0 Å². The van der Waals surface area contributed by atoms with E-state index in [-0.39, 0.29) is 41.0 Å². The standard InChI is InChI=1S/C29H27ClF2N2O4/c1-38-23-5-6-26-24(15-23)29(25(30)16-33-26)27(35)7-4-19-8-10-34(17-20(19)13-28(36)37)9-2-3-18-11-21(31)14-22(32)12-18/h5-6,11-12,14-16,19-20H,4,7-10,13,17H2,1H3,(H,36,37). The Bertz CT molecular complexity index is 1400. The van der Waals surface area contributed by atoms with Gasteiger partial charge in [-0.15, -0.1) is 0 Å². The van der Waals surface area contributed by atoms with Gasteiger partial charge in [0.05, 0.1) is 24.2 Å². The van der Waals surface area contributed by atoms with E-state index >= 15 is 0 Å². The fraction of sp³-hybridized carbons (Fsp3) is 0.345. The minimum absolute atomic E-state index is 0.0198. The first-order chi connectivity index (χ1) is 18.2. The molecule has 0 amide bonds. The topological polar surface area (TPSA) is 79.7 Å². The molecule has 2 aromatic carbocycles. The molecule has 0 radical (unpaired) electrons. The van der Waals surface area contributed by atoms with Gasteiger partial charge in [0.25, 0.3) is 0 Å². The Hall–Kier alpha value is -3.54. The van der Waals surface area contributed by atoms with Crippen molar-refractivity contribution in [2.45, 2.75) is 25.7 Å². The summed E-state index contributed by atoms with van der Waals surface area (Å²) in [6.45, 7) is 1.53. The number of carbonyl (C=O) groups is 2. The third kappa shape index (κ3) is 6.85. The molecule has 1 fully saturated rings. The average molecular weight is 541 g/mol. The number of methoxy groups -OCH3 is 1. The van der Waals surface area contributed by atoms with E-state index in [4.69, 9.17) is 16.3 Å². The third-order valence-electron chi connectivity index (χ3n) is 6.86. The maximum atomic E-state index is 13.4. The number of aromatic nitrogens is 1. The van der Waals surface area contributed by atoms with Crippen LogP contribution in [0.25, 0.3) is 10.9 Å². The Morgan fingerprint density at radius 3 is 2.66 bits per heavy atom. The van der Waals surface area contributed by atoms with Crippen molar-refractivity contribution in [2.24, 2.45) is 11.8 Å². The van der Waals surface area contributed by atoms with E-state index in [1.54, 1.807) is 25.3 Å². The van der Waals surface area contributed by atoms with Gasteiger partial charge < -0.3 is 9.84 Å². The Morgan fingerprint density at radius 1 is 1.18 bits per heavy atom. The van der Waals surface area contributed by atoms with Crippen molar-refractivity contribution >= 4 is 34.3 Å². The van der Waals surface area contributed by atoms with Crippen molar-refractivity contribution in [3.8, 4) is 17.6 Å². The van der Waals surface area contributed by atoms with E-state index in [1.807, 2.05) is 4.90 Å². The number of hydrogen-bond acceptors (Lipinski definition) is 5. The number of piperidine rings is 1. The van der Waals surface area contributed by atoms with Gasteiger partial charge >= 0.3 is 5.97 Å². The number of hydrogen-bond donors (Lipinski definition) is 1. The van der Waals surface area contributed by atoms with Gasteiger partial charge in [-0.1, -0.05) is 23.4 Å². The van der Waals surface area contributed by atoms with Crippen molar-refractivity contribution in [3.63, 3.8) is 0 Å². The van der Waals surface area contributed by atoms with Gasteiger partial charge in [0.2, 0.25) is 0 Å². The van der Waals surface area contributed by atoms with Crippen molar-refractivity contribution in [1.82, 2.24) is 9.88 Å². The summed E-state index contributed by atoms with van der Waals surface area (Å²) in [6, 6.07) is 8.41. The lowest BCUT2D eigenvalue weighted by molar-refractivity contribution is -0.139. The van der Waals surface area contributed by atoms with Crippen LogP contribution < -0.4 is 4.74 Å². The van der Waals surface area contributed by atoms with Crippen LogP contribution in [-0.4, -0.2) is 53.5 Å². The number of pyridine rings is 1. The monoisotopic (exact) mass is 540 g/mol. The minimum atomic E-state index is -0.898. The first kappa shape index (κ1) is 27.5. The van der Waals surface area contributed by atoms with Crippen molar-refractivity contribution in [3.05, 3.63) is 70.4 Å². The highest BCUT2D eigenvalue weighted by Gasteiger charge is 2.31. The van der Waals surface area contributed by atoms with E-state index in [0.29, 0.717) is 54.7 Å². The summed E-state index contributed by atoms with van der Waals surface area (Å²) in [7, 11) is 1.54. The van der Waals surface area contributed by atoms with Gasteiger partial charge in [-0.3, -0.25) is 19.5 Å². The molecule has 9 heteroatoms. The predicted molar refractivity (Wildman–Crippen MR) is 140 cm³/mol. The molecule has 198 valence electrons. The quantitative estimate of drug-likeness (QED) is 0.296. The normalized spacial score (nSPS) is 17.6. The molecule has 6 nitrogen and oxygen atoms in total. The molecule has 0 saturated carbocycles. The molecule has 0 aliphatic carbocycles. The molecule has 3 aromatic rings. The number of Topliss-reactive ketones (excluding diaryl/α,β-unsaturated/α-hetero) is 1. The van der Waals surface area contributed by atoms with Crippen molar-refractivity contribution in [1.29, 1.82) is 0 Å². The second-order valence-electron chi connectivity index (χ2n) is 9.43. The zero-order valence-corrected chi connectivity index (χ0v) is 21.6. The molecule has 1 N–H and O–H groups in total. The second kappa shape index (κ2) is 12.3. The molecule has 1 aliphatic rings. The summed E-state index contributed by atoms with van der Waals surface area (Å²) < 4.78 is 32.1. The predicted octanol–water partition coefficient (Wildman–Crippen LogP) is 5.60. The first-order valence-corrected chi connectivity index (χ1v) is 12.7. The molecule has 1 aromatic heterocycles.